The lowest BCUT2D eigenvalue weighted by molar-refractivity contribution is 0.779. The Kier molecular flexibility index (Phi) is 4.48. The molecule has 0 fully saturated rings. The third-order valence-corrected chi connectivity index (χ3v) is 2.86. The van der Waals surface area contributed by atoms with Crippen molar-refractivity contribution in [3.8, 4) is 6.07 Å². The minimum Gasteiger partial charge on any atom is -0.263 e. The maximum Gasteiger partial charge on any atom is 0.0628 e. The molecule has 1 rings (SSSR count). The molecule has 0 aromatic carbocycles. The van der Waals surface area contributed by atoms with Crippen LogP contribution in [0.4, 0.5) is 0 Å². The molecular formula is C11H14N2S. The molecule has 0 aliphatic carbocycles. The van der Waals surface area contributed by atoms with Crippen LogP contribution in [-0.2, 0) is 0 Å². The SMILES string of the molecule is CCSc1cncc(C(C)CC#N)c1. The van der Waals surface area contributed by atoms with E-state index < -0.39 is 0 Å². The second-order valence-electron chi connectivity index (χ2n) is 3.15. The number of nitrogens with zero attached hydrogens (tertiary/aromatic N) is 2. The largest absolute Gasteiger partial charge is 0.263 e. The summed E-state index contributed by atoms with van der Waals surface area (Å²) >= 11 is 1.78. The minimum atomic E-state index is 0.282. The van der Waals surface area contributed by atoms with Gasteiger partial charge in [-0.05, 0) is 23.3 Å². The molecule has 1 heterocycles. The van der Waals surface area contributed by atoms with E-state index >= 15 is 0 Å². The zero-order valence-electron chi connectivity index (χ0n) is 8.53. The van der Waals surface area contributed by atoms with Crippen LogP contribution in [0.2, 0.25) is 0 Å². The maximum absolute atomic E-state index is 8.60. The van der Waals surface area contributed by atoms with E-state index in [1.807, 2.05) is 12.4 Å². The van der Waals surface area contributed by atoms with Crippen LogP contribution in [0, 0.1) is 11.3 Å². The van der Waals surface area contributed by atoms with E-state index in [9.17, 15) is 0 Å². The van der Waals surface area contributed by atoms with Crippen molar-refractivity contribution in [2.75, 3.05) is 5.75 Å². The lowest BCUT2D eigenvalue weighted by atomic mass is 10.0. The van der Waals surface area contributed by atoms with Crippen molar-refractivity contribution in [2.45, 2.75) is 31.1 Å². The van der Waals surface area contributed by atoms with Crippen LogP contribution >= 0.6 is 11.8 Å². The van der Waals surface area contributed by atoms with E-state index in [-0.39, 0.29) is 5.92 Å². The van der Waals surface area contributed by atoms with Gasteiger partial charge in [0.2, 0.25) is 0 Å². The molecule has 74 valence electrons. The Morgan fingerprint density at radius 1 is 1.57 bits per heavy atom. The zero-order chi connectivity index (χ0) is 10.4. The van der Waals surface area contributed by atoms with Crippen molar-refractivity contribution < 1.29 is 0 Å². The average Bonchev–Trinajstić information content (AvgIpc) is 2.19. The summed E-state index contributed by atoms with van der Waals surface area (Å²) in [5.41, 5.74) is 1.16. The van der Waals surface area contributed by atoms with Gasteiger partial charge in [-0.1, -0.05) is 13.8 Å². The lowest BCUT2D eigenvalue weighted by Gasteiger charge is -2.08. The zero-order valence-corrected chi connectivity index (χ0v) is 9.34. The van der Waals surface area contributed by atoms with Gasteiger partial charge in [-0.2, -0.15) is 5.26 Å². The first-order chi connectivity index (χ1) is 6.77. The van der Waals surface area contributed by atoms with Crippen molar-refractivity contribution in [2.24, 2.45) is 0 Å². The molecule has 0 bridgehead atoms. The number of hydrogen-bond donors (Lipinski definition) is 0. The quantitative estimate of drug-likeness (QED) is 0.710. The first-order valence-electron chi connectivity index (χ1n) is 4.72. The summed E-state index contributed by atoms with van der Waals surface area (Å²) < 4.78 is 0. The molecule has 0 amide bonds. The molecule has 0 radical (unpaired) electrons. The predicted octanol–water partition coefficient (Wildman–Crippen LogP) is 3.21. The van der Waals surface area contributed by atoms with Crippen molar-refractivity contribution >= 4 is 11.8 Å². The van der Waals surface area contributed by atoms with Crippen molar-refractivity contribution in [1.29, 1.82) is 5.26 Å². The average molecular weight is 206 g/mol. The van der Waals surface area contributed by atoms with Gasteiger partial charge in [-0.15, -0.1) is 11.8 Å². The van der Waals surface area contributed by atoms with Gasteiger partial charge in [0.05, 0.1) is 6.07 Å². The Balaban J connectivity index is 2.78. The van der Waals surface area contributed by atoms with E-state index in [1.54, 1.807) is 11.8 Å². The molecule has 0 aliphatic heterocycles. The molecule has 14 heavy (non-hydrogen) atoms. The highest BCUT2D eigenvalue weighted by Gasteiger charge is 2.05. The summed E-state index contributed by atoms with van der Waals surface area (Å²) in [6.45, 7) is 4.18. The smallest absolute Gasteiger partial charge is 0.0628 e. The maximum atomic E-state index is 8.60. The number of aromatic nitrogens is 1. The number of rotatable bonds is 4. The first kappa shape index (κ1) is 11.1. The molecule has 1 atom stereocenters. The number of hydrogen-bond acceptors (Lipinski definition) is 3. The normalized spacial score (nSPS) is 12.1. The van der Waals surface area contributed by atoms with Gasteiger partial charge in [0.15, 0.2) is 0 Å². The van der Waals surface area contributed by atoms with E-state index in [0.717, 1.165) is 11.3 Å². The Morgan fingerprint density at radius 2 is 2.36 bits per heavy atom. The van der Waals surface area contributed by atoms with Gasteiger partial charge < -0.3 is 0 Å². The van der Waals surface area contributed by atoms with Gasteiger partial charge in [-0.25, -0.2) is 0 Å². The topological polar surface area (TPSA) is 36.7 Å². The van der Waals surface area contributed by atoms with Crippen LogP contribution in [-0.4, -0.2) is 10.7 Å². The van der Waals surface area contributed by atoms with Gasteiger partial charge in [-0.3, -0.25) is 4.98 Å². The van der Waals surface area contributed by atoms with Crippen LogP contribution < -0.4 is 0 Å². The van der Waals surface area contributed by atoms with Crippen LogP contribution in [0.25, 0.3) is 0 Å². The Bertz CT molecular complexity index is 330. The van der Waals surface area contributed by atoms with Crippen molar-refractivity contribution in [3.05, 3.63) is 24.0 Å². The monoisotopic (exact) mass is 206 g/mol. The van der Waals surface area contributed by atoms with Gasteiger partial charge in [0.25, 0.3) is 0 Å². The number of thioether (sulfide) groups is 1. The second kappa shape index (κ2) is 5.66. The summed E-state index contributed by atoms with van der Waals surface area (Å²) in [5, 5.41) is 8.60. The fraction of sp³-hybridized carbons (Fsp3) is 0.455. The molecule has 2 nitrogen and oxygen atoms in total. The Morgan fingerprint density at radius 3 is 3.00 bits per heavy atom. The molecular weight excluding hydrogens is 192 g/mol. The molecule has 1 aromatic rings. The molecule has 0 spiro atoms. The minimum absolute atomic E-state index is 0.282. The van der Waals surface area contributed by atoms with E-state index in [2.05, 4.69) is 31.0 Å². The fourth-order valence-electron chi connectivity index (χ4n) is 1.21. The molecule has 1 unspecified atom stereocenters. The highest BCUT2D eigenvalue weighted by atomic mass is 32.2. The summed E-state index contributed by atoms with van der Waals surface area (Å²) in [7, 11) is 0. The van der Waals surface area contributed by atoms with Crippen molar-refractivity contribution in [3.63, 3.8) is 0 Å². The number of pyridine rings is 1. The highest BCUT2D eigenvalue weighted by Crippen LogP contribution is 2.23. The molecule has 0 N–H and O–H groups in total. The lowest BCUT2D eigenvalue weighted by Crippen LogP contribution is -1.93. The standard InChI is InChI=1S/C11H14N2S/c1-3-14-11-6-10(7-13-8-11)9(2)4-5-12/h6-9H,3-4H2,1-2H3. The predicted molar refractivity (Wildman–Crippen MR) is 59.3 cm³/mol. The van der Waals surface area contributed by atoms with Gasteiger partial charge in [0, 0.05) is 23.7 Å². The third-order valence-electron chi connectivity index (χ3n) is 2.01. The Hall–Kier alpha value is -1.01. The van der Waals surface area contributed by atoms with Crippen LogP contribution in [0.5, 0.6) is 0 Å². The third kappa shape index (κ3) is 3.04. The van der Waals surface area contributed by atoms with E-state index in [4.69, 9.17) is 5.26 Å². The summed E-state index contributed by atoms with van der Waals surface area (Å²) in [5.74, 6) is 1.34. The fourth-order valence-corrected chi connectivity index (χ4v) is 1.89. The summed E-state index contributed by atoms with van der Waals surface area (Å²) in [6, 6.07) is 4.31. The molecule has 0 saturated carbocycles. The summed E-state index contributed by atoms with van der Waals surface area (Å²) in [4.78, 5) is 5.37. The van der Waals surface area contributed by atoms with Gasteiger partial charge >= 0.3 is 0 Å². The van der Waals surface area contributed by atoms with Crippen LogP contribution in [0.1, 0.15) is 31.7 Å². The summed E-state index contributed by atoms with van der Waals surface area (Å²) in [6.07, 6.45) is 4.28. The number of nitriles is 1. The molecule has 0 saturated heterocycles. The van der Waals surface area contributed by atoms with Crippen LogP contribution in [0.3, 0.4) is 0 Å². The molecule has 0 aliphatic rings. The van der Waals surface area contributed by atoms with Gasteiger partial charge in [0.1, 0.15) is 0 Å². The van der Waals surface area contributed by atoms with E-state index in [1.165, 1.54) is 4.90 Å². The second-order valence-corrected chi connectivity index (χ2v) is 4.49. The molecule has 3 heteroatoms. The highest BCUT2D eigenvalue weighted by molar-refractivity contribution is 7.99. The van der Waals surface area contributed by atoms with E-state index in [0.29, 0.717) is 6.42 Å². The van der Waals surface area contributed by atoms with Crippen molar-refractivity contribution in [1.82, 2.24) is 4.98 Å². The Labute approximate surface area is 89.4 Å². The van der Waals surface area contributed by atoms with Crippen LogP contribution in [0.15, 0.2) is 23.4 Å². The first-order valence-corrected chi connectivity index (χ1v) is 5.71. The molecule has 1 aromatic heterocycles.